The smallest absolute Gasteiger partial charge is 0.0321 e. The SMILES string of the molecule is CC(C)(Cc1ccccc1)CN1CC1CBr. The van der Waals surface area contributed by atoms with Crippen molar-refractivity contribution in [3.63, 3.8) is 0 Å². The van der Waals surface area contributed by atoms with E-state index in [1.807, 2.05) is 0 Å². The van der Waals surface area contributed by atoms with Crippen molar-refractivity contribution in [3.05, 3.63) is 35.9 Å². The zero-order valence-electron chi connectivity index (χ0n) is 10.1. The maximum absolute atomic E-state index is 3.55. The topological polar surface area (TPSA) is 3.01 Å². The van der Waals surface area contributed by atoms with Gasteiger partial charge in [-0.3, -0.25) is 4.90 Å². The van der Waals surface area contributed by atoms with Gasteiger partial charge >= 0.3 is 0 Å². The van der Waals surface area contributed by atoms with Crippen LogP contribution in [0.15, 0.2) is 30.3 Å². The van der Waals surface area contributed by atoms with Crippen LogP contribution in [0.1, 0.15) is 19.4 Å². The molecule has 0 aromatic heterocycles. The maximum Gasteiger partial charge on any atom is 0.0321 e. The third-order valence-electron chi connectivity index (χ3n) is 3.16. The van der Waals surface area contributed by atoms with E-state index < -0.39 is 0 Å². The highest BCUT2D eigenvalue weighted by atomic mass is 79.9. The summed E-state index contributed by atoms with van der Waals surface area (Å²) in [6, 6.07) is 11.6. The van der Waals surface area contributed by atoms with Gasteiger partial charge in [0.1, 0.15) is 0 Å². The Hall–Kier alpha value is -0.340. The second-order valence-corrected chi connectivity index (χ2v) is 6.21. The van der Waals surface area contributed by atoms with Crippen LogP contribution in [-0.2, 0) is 6.42 Å². The molecule has 1 nitrogen and oxygen atoms in total. The lowest BCUT2D eigenvalue weighted by atomic mass is 9.85. The highest BCUT2D eigenvalue weighted by Crippen LogP contribution is 2.29. The molecule has 1 aliphatic heterocycles. The summed E-state index contributed by atoms with van der Waals surface area (Å²) in [4.78, 5) is 2.55. The second kappa shape index (κ2) is 4.89. The first kappa shape index (κ1) is 12.1. The van der Waals surface area contributed by atoms with E-state index in [0.717, 1.165) is 11.4 Å². The van der Waals surface area contributed by atoms with E-state index >= 15 is 0 Å². The summed E-state index contributed by atoms with van der Waals surface area (Å²) >= 11 is 3.55. The molecule has 0 aliphatic carbocycles. The zero-order chi connectivity index (χ0) is 11.6. The van der Waals surface area contributed by atoms with Gasteiger partial charge in [-0.05, 0) is 17.4 Å². The Kier molecular flexibility index (Phi) is 3.70. The second-order valence-electron chi connectivity index (χ2n) is 5.56. The molecule has 2 rings (SSSR count). The van der Waals surface area contributed by atoms with E-state index in [2.05, 4.69) is 65.0 Å². The van der Waals surface area contributed by atoms with E-state index in [-0.39, 0.29) is 0 Å². The summed E-state index contributed by atoms with van der Waals surface area (Å²) in [5, 5.41) is 1.12. The summed E-state index contributed by atoms with van der Waals surface area (Å²) < 4.78 is 0. The number of nitrogens with zero attached hydrogens (tertiary/aromatic N) is 1. The van der Waals surface area contributed by atoms with Crippen LogP contribution >= 0.6 is 15.9 Å². The summed E-state index contributed by atoms with van der Waals surface area (Å²) in [7, 11) is 0. The number of halogens is 1. The van der Waals surface area contributed by atoms with Gasteiger partial charge in [0.25, 0.3) is 0 Å². The van der Waals surface area contributed by atoms with Crippen LogP contribution < -0.4 is 0 Å². The third kappa shape index (κ3) is 3.33. The third-order valence-corrected chi connectivity index (χ3v) is 3.91. The Balaban J connectivity index is 1.88. The van der Waals surface area contributed by atoms with Gasteiger partial charge < -0.3 is 0 Å². The average molecular weight is 282 g/mol. The molecule has 1 aromatic carbocycles. The van der Waals surface area contributed by atoms with Crippen LogP contribution in [0.2, 0.25) is 0 Å². The van der Waals surface area contributed by atoms with E-state index in [9.17, 15) is 0 Å². The minimum Gasteiger partial charge on any atom is -0.296 e. The fraction of sp³-hybridized carbons (Fsp3) is 0.571. The molecule has 2 atom stereocenters. The normalized spacial score (nSPS) is 24.4. The molecule has 1 aromatic rings. The molecule has 0 bridgehead atoms. The lowest BCUT2D eigenvalue weighted by Gasteiger charge is -2.25. The highest BCUT2D eigenvalue weighted by Gasteiger charge is 2.36. The van der Waals surface area contributed by atoms with Crippen molar-refractivity contribution in [2.75, 3.05) is 18.4 Å². The van der Waals surface area contributed by atoms with Crippen molar-refractivity contribution in [2.24, 2.45) is 5.41 Å². The van der Waals surface area contributed by atoms with Gasteiger partial charge in [0.05, 0.1) is 0 Å². The van der Waals surface area contributed by atoms with Crippen molar-refractivity contribution in [2.45, 2.75) is 26.3 Å². The summed E-state index contributed by atoms with van der Waals surface area (Å²) in [5.74, 6) is 0. The van der Waals surface area contributed by atoms with Crippen molar-refractivity contribution >= 4 is 15.9 Å². The molecular weight excluding hydrogens is 262 g/mol. The fourth-order valence-electron chi connectivity index (χ4n) is 2.32. The van der Waals surface area contributed by atoms with Crippen molar-refractivity contribution in [1.29, 1.82) is 0 Å². The minimum atomic E-state index is 0.373. The van der Waals surface area contributed by atoms with Gasteiger partial charge in [-0.1, -0.05) is 60.1 Å². The molecule has 88 valence electrons. The predicted octanol–water partition coefficient (Wildman–Crippen LogP) is 3.33. The molecule has 0 spiro atoms. The first-order chi connectivity index (χ1) is 7.61. The highest BCUT2D eigenvalue weighted by molar-refractivity contribution is 9.09. The van der Waals surface area contributed by atoms with Gasteiger partial charge in [-0.15, -0.1) is 0 Å². The van der Waals surface area contributed by atoms with Gasteiger partial charge in [-0.25, -0.2) is 0 Å². The Morgan fingerprint density at radius 1 is 1.31 bits per heavy atom. The van der Waals surface area contributed by atoms with E-state index in [1.165, 1.54) is 25.1 Å². The quantitative estimate of drug-likeness (QED) is 0.591. The number of benzene rings is 1. The van der Waals surface area contributed by atoms with Crippen LogP contribution in [0.5, 0.6) is 0 Å². The standard InChI is InChI=1S/C14H20BrN/c1-14(2,11-16-10-13(16)9-15)8-12-6-4-3-5-7-12/h3-7,13H,8-11H2,1-2H3. The van der Waals surface area contributed by atoms with Crippen LogP contribution in [0.3, 0.4) is 0 Å². The van der Waals surface area contributed by atoms with E-state index in [4.69, 9.17) is 0 Å². The number of hydrogen-bond acceptors (Lipinski definition) is 1. The molecule has 1 heterocycles. The fourth-order valence-corrected chi connectivity index (χ4v) is 2.93. The molecule has 0 saturated carbocycles. The lowest BCUT2D eigenvalue weighted by Crippen LogP contribution is -2.26. The Morgan fingerprint density at radius 2 is 2.00 bits per heavy atom. The van der Waals surface area contributed by atoms with Gasteiger partial charge in [0.2, 0.25) is 0 Å². The van der Waals surface area contributed by atoms with Gasteiger partial charge in [0.15, 0.2) is 0 Å². The molecular formula is C14H20BrN. The van der Waals surface area contributed by atoms with Crippen LogP contribution in [-0.4, -0.2) is 29.4 Å². The number of rotatable bonds is 5. The van der Waals surface area contributed by atoms with E-state index in [1.54, 1.807) is 0 Å². The zero-order valence-corrected chi connectivity index (χ0v) is 11.7. The van der Waals surface area contributed by atoms with Crippen molar-refractivity contribution in [1.82, 2.24) is 4.90 Å². The summed E-state index contributed by atoms with van der Waals surface area (Å²) in [6.07, 6.45) is 1.17. The van der Waals surface area contributed by atoms with Crippen molar-refractivity contribution in [3.8, 4) is 0 Å². The van der Waals surface area contributed by atoms with Crippen LogP contribution in [0.25, 0.3) is 0 Å². The first-order valence-electron chi connectivity index (χ1n) is 5.95. The first-order valence-corrected chi connectivity index (χ1v) is 7.07. The van der Waals surface area contributed by atoms with Crippen LogP contribution in [0.4, 0.5) is 0 Å². The average Bonchev–Trinajstić information content (AvgIpc) is 2.96. The Labute approximate surface area is 107 Å². The Morgan fingerprint density at radius 3 is 2.56 bits per heavy atom. The molecule has 1 aliphatic rings. The maximum atomic E-state index is 3.55. The molecule has 0 N–H and O–H groups in total. The molecule has 16 heavy (non-hydrogen) atoms. The molecule has 0 amide bonds. The van der Waals surface area contributed by atoms with Gasteiger partial charge in [0, 0.05) is 24.5 Å². The minimum absolute atomic E-state index is 0.373. The summed E-state index contributed by atoms with van der Waals surface area (Å²) in [6.45, 7) is 7.20. The molecule has 2 heteroatoms. The molecule has 1 saturated heterocycles. The largest absolute Gasteiger partial charge is 0.296 e. The summed E-state index contributed by atoms with van der Waals surface area (Å²) in [5.41, 5.74) is 1.82. The van der Waals surface area contributed by atoms with Crippen molar-refractivity contribution < 1.29 is 0 Å². The number of hydrogen-bond donors (Lipinski definition) is 0. The monoisotopic (exact) mass is 281 g/mol. The lowest BCUT2D eigenvalue weighted by molar-refractivity contribution is 0.281. The van der Waals surface area contributed by atoms with E-state index in [0.29, 0.717) is 5.41 Å². The number of alkyl halides is 1. The molecule has 0 radical (unpaired) electrons. The molecule has 2 unspecified atom stereocenters. The molecule has 1 fully saturated rings. The van der Waals surface area contributed by atoms with Crippen LogP contribution in [0, 0.1) is 5.41 Å². The van der Waals surface area contributed by atoms with Gasteiger partial charge in [-0.2, -0.15) is 0 Å². The predicted molar refractivity (Wildman–Crippen MR) is 73.1 cm³/mol. The Bertz CT molecular complexity index is 334.